The molecule has 0 saturated carbocycles. The average molecular weight is 354 g/mol. The van der Waals surface area contributed by atoms with Crippen molar-refractivity contribution in [1.29, 1.82) is 0 Å². The first-order valence-electron chi connectivity index (χ1n) is 7.21. The van der Waals surface area contributed by atoms with E-state index in [0.29, 0.717) is 10.8 Å². The highest BCUT2D eigenvalue weighted by Crippen LogP contribution is 2.23. The third-order valence-corrected chi connectivity index (χ3v) is 6.30. The molecule has 3 rings (SSSR count). The van der Waals surface area contributed by atoms with Crippen LogP contribution in [0.1, 0.15) is 11.3 Å². The van der Waals surface area contributed by atoms with Gasteiger partial charge in [0.2, 0.25) is 5.91 Å². The molecule has 0 aliphatic carbocycles. The Morgan fingerprint density at radius 3 is 2.61 bits per heavy atom. The standard InChI is InChI=1S/C16H16ClNO4S/c17-15-6-2-1-4-12(15)8-16(19)18-9-14(10-18)23(20,21)11-13-5-3-7-22-13/h1-7,14H,8-11H2. The molecule has 2 aromatic rings. The minimum Gasteiger partial charge on any atom is -0.468 e. The van der Waals surface area contributed by atoms with E-state index in [1.807, 2.05) is 6.07 Å². The molecule has 1 fully saturated rings. The van der Waals surface area contributed by atoms with E-state index in [0.717, 1.165) is 5.56 Å². The van der Waals surface area contributed by atoms with Gasteiger partial charge in [-0.05, 0) is 23.8 Å². The number of rotatable bonds is 5. The molecule has 1 saturated heterocycles. The Morgan fingerprint density at radius 2 is 1.96 bits per heavy atom. The van der Waals surface area contributed by atoms with E-state index in [-0.39, 0.29) is 31.2 Å². The van der Waals surface area contributed by atoms with E-state index in [9.17, 15) is 13.2 Å². The van der Waals surface area contributed by atoms with Crippen LogP contribution in [0.5, 0.6) is 0 Å². The van der Waals surface area contributed by atoms with Crippen LogP contribution in [-0.2, 0) is 26.8 Å². The van der Waals surface area contributed by atoms with Crippen molar-refractivity contribution in [3.05, 3.63) is 59.0 Å². The highest BCUT2D eigenvalue weighted by molar-refractivity contribution is 7.91. The molecule has 0 atom stereocenters. The summed E-state index contributed by atoms with van der Waals surface area (Å²) in [6.07, 6.45) is 1.63. The van der Waals surface area contributed by atoms with E-state index in [1.165, 1.54) is 6.26 Å². The van der Waals surface area contributed by atoms with Gasteiger partial charge in [0.1, 0.15) is 11.5 Å². The van der Waals surface area contributed by atoms with Crippen molar-refractivity contribution in [2.24, 2.45) is 0 Å². The molecule has 122 valence electrons. The van der Waals surface area contributed by atoms with Crippen LogP contribution in [0.4, 0.5) is 0 Å². The number of carbonyl (C=O) groups is 1. The van der Waals surface area contributed by atoms with Crippen LogP contribution in [0.25, 0.3) is 0 Å². The van der Waals surface area contributed by atoms with Gasteiger partial charge in [-0.2, -0.15) is 0 Å². The molecule has 5 nitrogen and oxygen atoms in total. The predicted octanol–water partition coefficient (Wildman–Crippen LogP) is 2.30. The SMILES string of the molecule is O=C(Cc1ccccc1Cl)N1CC(S(=O)(=O)Cc2ccco2)C1. The predicted molar refractivity (Wildman–Crippen MR) is 86.9 cm³/mol. The maximum absolute atomic E-state index is 12.2. The molecular formula is C16H16ClNO4S. The lowest BCUT2D eigenvalue weighted by atomic mass is 10.1. The van der Waals surface area contributed by atoms with E-state index >= 15 is 0 Å². The zero-order valence-corrected chi connectivity index (χ0v) is 13.9. The van der Waals surface area contributed by atoms with E-state index in [4.69, 9.17) is 16.0 Å². The summed E-state index contributed by atoms with van der Waals surface area (Å²) in [4.78, 5) is 13.7. The number of hydrogen-bond donors (Lipinski definition) is 0. The van der Waals surface area contributed by atoms with Crippen LogP contribution in [0, 0.1) is 0 Å². The van der Waals surface area contributed by atoms with Gasteiger partial charge in [-0.1, -0.05) is 29.8 Å². The van der Waals surface area contributed by atoms with Crippen molar-refractivity contribution < 1.29 is 17.6 Å². The molecule has 1 aromatic carbocycles. The molecule has 2 heterocycles. The van der Waals surface area contributed by atoms with Gasteiger partial charge in [-0.15, -0.1) is 0 Å². The number of likely N-dealkylation sites (tertiary alicyclic amines) is 1. The molecule has 7 heteroatoms. The van der Waals surface area contributed by atoms with Gasteiger partial charge in [-0.25, -0.2) is 8.42 Å². The Hall–Kier alpha value is -1.79. The number of amides is 1. The third kappa shape index (κ3) is 3.59. The molecule has 1 aromatic heterocycles. The largest absolute Gasteiger partial charge is 0.468 e. The molecule has 23 heavy (non-hydrogen) atoms. The number of hydrogen-bond acceptors (Lipinski definition) is 4. The first kappa shape index (κ1) is 16.1. The molecular weight excluding hydrogens is 338 g/mol. The maximum Gasteiger partial charge on any atom is 0.227 e. The van der Waals surface area contributed by atoms with Crippen LogP contribution >= 0.6 is 11.6 Å². The summed E-state index contributed by atoms with van der Waals surface area (Å²) in [7, 11) is -3.31. The van der Waals surface area contributed by atoms with Gasteiger partial charge in [-0.3, -0.25) is 4.79 Å². The molecule has 1 aliphatic rings. The lowest BCUT2D eigenvalue weighted by molar-refractivity contribution is -0.133. The summed E-state index contributed by atoms with van der Waals surface area (Å²) in [5.74, 6) is 0.186. The van der Waals surface area contributed by atoms with Gasteiger partial charge in [0.25, 0.3) is 0 Å². The second-order valence-electron chi connectivity index (χ2n) is 5.58. The van der Waals surface area contributed by atoms with Crippen molar-refractivity contribution in [1.82, 2.24) is 4.90 Å². The number of nitrogens with zero attached hydrogens (tertiary/aromatic N) is 1. The topological polar surface area (TPSA) is 67.6 Å². The Balaban J connectivity index is 1.56. The van der Waals surface area contributed by atoms with Crippen LogP contribution < -0.4 is 0 Å². The number of benzene rings is 1. The minimum absolute atomic E-state index is 0.109. The van der Waals surface area contributed by atoms with Crippen LogP contribution in [0.15, 0.2) is 47.1 Å². The molecule has 0 bridgehead atoms. The molecule has 0 radical (unpaired) electrons. The summed E-state index contributed by atoms with van der Waals surface area (Å²) in [6.45, 7) is 0.457. The molecule has 0 spiro atoms. The monoisotopic (exact) mass is 353 g/mol. The fourth-order valence-electron chi connectivity index (χ4n) is 2.50. The number of furan rings is 1. The normalized spacial score (nSPS) is 15.4. The summed E-state index contributed by atoms with van der Waals surface area (Å²) >= 11 is 6.04. The zero-order valence-electron chi connectivity index (χ0n) is 12.3. The molecule has 0 unspecified atom stereocenters. The number of sulfone groups is 1. The summed E-state index contributed by atoms with van der Waals surface area (Å²) < 4.78 is 29.6. The summed E-state index contributed by atoms with van der Waals surface area (Å²) in [5.41, 5.74) is 0.751. The smallest absolute Gasteiger partial charge is 0.227 e. The molecule has 0 N–H and O–H groups in total. The Morgan fingerprint density at radius 1 is 1.22 bits per heavy atom. The fourth-order valence-corrected chi connectivity index (χ4v) is 4.31. The lowest BCUT2D eigenvalue weighted by Gasteiger charge is -2.38. The highest BCUT2D eigenvalue weighted by Gasteiger charge is 2.39. The van der Waals surface area contributed by atoms with Crippen LogP contribution in [0.2, 0.25) is 5.02 Å². The Labute approximate surface area is 139 Å². The molecule has 1 aliphatic heterocycles. The first-order valence-corrected chi connectivity index (χ1v) is 9.30. The summed E-state index contributed by atoms with van der Waals surface area (Å²) in [5, 5.41) is 0.0196. The first-order chi connectivity index (χ1) is 11.0. The van der Waals surface area contributed by atoms with Crippen molar-refractivity contribution in [2.45, 2.75) is 17.4 Å². The lowest BCUT2D eigenvalue weighted by Crippen LogP contribution is -2.57. The minimum atomic E-state index is -3.31. The van der Waals surface area contributed by atoms with E-state index < -0.39 is 15.1 Å². The highest BCUT2D eigenvalue weighted by atomic mass is 35.5. The van der Waals surface area contributed by atoms with Gasteiger partial charge < -0.3 is 9.32 Å². The van der Waals surface area contributed by atoms with Gasteiger partial charge in [0.15, 0.2) is 9.84 Å². The molecule has 1 amide bonds. The van der Waals surface area contributed by atoms with Gasteiger partial charge in [0.05, 0.1) is 17.9 Å². The zero-order chi connectivity index (χ0) is 16.4. The Kier molecular flexibility index (Phi) is 4.46. The van der Waals surface area contributed by atoms with E-state index in [2.05, 4.69) is 0 Å². The van der Waals surface area contributed by atoms with Crippen molar-refractivity contribution >= 4 is 27.3 Å². The number of carbonyl (C=O) groups excluding carboxylic acids is 1. The van der Waals surface area contributed by atoms with Crippen molar-refractivity contribution in [3.63, 3.8) is 0 Å². The average Bonchev–Trinajstić information content (AvgIpc) is 2.91. The van der Waals surface area contributed by atoms with E-state index in [1.54, 1.807) is 35.2 Å². The second-order valence-corrected chi connectivity index (χ2v) is 8.26. The Bertz CT molecular complexity index is 795. The van der Waals surface area contributed by atoms with Crippen LogP contribution in [0.3, 0.4) is 0 Å². The summed E-state index contributed by atoms with van der Waals surface area (Å²) in [6, 6.07) is 10.4. The fraction of sp³-hybridized carbons (Fsp3) is 0.312. The van der Waals surface area contributed by atoms with Crippen LogP contribution in [-0.4, -0.2) is 37.6 Å². The second kappa shape index (κ2) is 6.37. The van der Waals surface area contributed by atoms with Gasteiger partial charge >= 0.3 is 0 Å². The van der Waals surface area contributed by atoms with Crippen molar-refractivity contribution in [3.8, 4) is 0 Å². The van der Waals surface area contributed by atoms with Gasteiger partial charge in [0, 0.05) is 18.1 Å². The van der Waals surface area contributed by atoms with Crippen molar-refractivity contribution in [2.75, 3.05) is 13.1 Å². The third-order valence-electron chi connectivity index (χ3n) is 3.93. The number of halogens is 1. The maximum atomic E-state index is 12.2. The quantitative estimate of drug-likeness (QED) is 0.827.